The summed E-state index contributed by atoms with van der Waals surface area (Å²) in [4.78, 5) is 17.7. The molecule has 1 unspecified atom stereocenters. The Hall–Kier alpha value is -3.43. The van der Waals surface area contributed by atoms with Crippen molar-refractivity contribution >= 4 is 27.2 Å². The predicted molar refractivity (Wildman–Crippen MR) is 115 cm³/mol. The first-order valence-electron chi connectivity index (χ1n) is 9.38. The van der Waals surface area contributed by atoms with Crippen molar-refractivity contribution in [3.05, 3.63) is 77.7 Å². The summed E-state index contributed by atoms with van der Waals surface area (Å²) in [7, 11) is -1.60. The number of hydrogen-bond donors (Lipinski definition) is 1. The van der Waals surface area contributed by atoms with E-state index in [1.54, 1.807) is 48.3 Å². The van der Waals surface area contributed by atoms with E-state index in [2.05, 4.69) is 15.4 Å². The highest BCUT2D eigenvalue weighted by atomic mass is 32.3. The number of nitrogens with one attached hydrogen (secondary N) is 1. The molecule has 2 aromatic heterocycles. The number of pyridine rings is 1. The first kappa shape index (κ1) is 20.8. The number of aryl methyl sites for hydroxylation is 1. The van der Waals surface area contributed by atoms with Crippen molar-refractivity contribution in [2.45, 2.75) is 11.4 Å². The predicted octanol–water partition coefficient (Wildman–Crippen LogP) is 3.32. The maximum Gasteiger partial charge on any atom is 0.252 e. The molecule has 0 radical (unpaired) electrons. The van der Waals surface area contributed by atoms with Crippen LogP contribution in [0.25, 0.3) is 22.3 Å². The zero-order valence-corrected chi connectivity index (χ0v) is 17.6. The Bertz CT molecular complexity index is 1330. The Morgan fingerprint density at radius 3 is 2.61 bits per heavy atom. The van der Waals surface area contributed by atoms with Gasteiger partial charge in [-0.25, -0.2) is 9.37 Å². The molecule has 7 nitrogen and oxygen atoms in total. The molecule has 0 fully saturated rings. The molecule has 2 heterocycles. The summed E-state index contributed by atoms with van der Waals surface area (Å²) in [5, 5.41) is 7.58. The number of aromatic nitrogens is 3. The minimum atomic E-state index is -3.32. The Balaban J connectivity index is 1.70. The Labute approximate surface area is 179 Å². The molecule has 0 saturated heterocycles. The van der Waals surface area contributed by atoms with E-state index < -0.39 is 10.2 Å². The minimum Gasteiger partial charge on any atom is -0.610 e. The van der Waals surface area contributed by atoms with Gasteiger partial charge in [0.2, 0.25) is 0 Å². The number of halogens is 1. The first-order chi connectivity index (χ1) is 14.7. The highest BCUT2D eigenvalue weighted by Gasteiger charge is 2.18. The quantitative estimate of drug-likeness (QED) is 0.482. The van der Waals surface area contributed by atoms with Crippen LogP contribution in [0.1, 0.15) is 15.9 Å². The zero-order chi connectivity index (χ0) is 22.2. The number of rotatable bonds is 5. The fraction of sp³-hybridized carbons (Fsp3) is 0.136. The Kier molecular flexibility index (Phi) is 5.38. The van der Waals surface area contributed by atoms with Gasteiger partial charge in [-0.15, -0.1) is 4.21 Å². The van der Waals surface area contributed by atoms with Gasteiger partial charge in [0.25, 0.3) is 5.91 Å². The third-order valence-electron chi connectivity index (χ3n) is 4.87. The maximum atomic E-state index is 13.4. The lowest BCUT2D eigenvalue weighted by molar-refractivity contribution is 0.0952. The molecule has 9 heteroatoms. The SMILES string of the molecule is Cn1ncc2c(C(=O)NCc3cccc(F)c3)cc(-c3ccc([S+](C)(=O)[O-])cc3)nc21. The van der Waals surface area contributed by atoms with E-state index in [4.69, 9.17) is 0 Å². The lowest BCUT2D eigenvalue weighted by atomic mass is 10.1. The van der Waals surface area contributed by atoms with Crippen molar-refractivity contribution in [3.8, 4) is 11.3 Å². The highest BCUT2D eigenvalue weighted by molar-refractivity contribution is 7.97. The van der Waals surface area contributed by atoms with Gasteiger partial charge in [0, 0.05) is 19.2 Å². The van der Waals surface area contributed by atoms with E-state index in [-0.39, 0.29) is 23.2 Å². The molecule has 1 N–H and O–H groups in total. The molecule has 0 aliphatic rings. The number of fused-ring (bicyclic) bond motifs is 1. The monoisotopic (exact) mass is 438 g/mol. The van der Waals surface area contributed by atoms with Gasteiger partial charge in [-0.3, -0.25) is 9.48 Å². The fourth-order valence-electron chi connectivity index (χ4n) is 3.25. The van der Waals surface area contributed by atoms with E-state index in [1.165, 1.54) is 24.3 Å². The zero-order valence-electron chi connectivity index (χ0n) is 16.8. The smallest absolute Gasteiger partial charge is 0.252 e. The molecule has 0 aliphatic carbocycles. The van der Waals surface area contributed by atoms with Crippen LogP contribution in [-0.2, 0) is 28.0 Å². The van der Waals surface area contributed by atoms with Gasteiger partial charge in [0.1, 0.15) is 12.1 Å². The number of nitrogens with zero attached hydrogens (tertiary/aromatic N) is 3. The summed E-state index contributed by atoms with van der Waals surface area (Å²) < 4.78 is 38.4. The van der Waals surface area contributed by atoms with Gasteiger partial charge in [-0.05, 0) is 48.0 Å². The van der Waals surface area contributed by atoms with E-state index in [1.807, 2.05) is 0 Å². The second-order valence-electron chi connectivity index (χ2n) is 7.17. The molecule has 0 spiro atoms. The fourth-order valence-corrected chi connectivity index (χ4v) is 3.88. The molecule has 0 saturated carbocycles. The van der Waals surface area contributed by atoms with Crippen molar-refractivity contribution in [2.24, 2.45) is 7.05 Å². The number of benzene rings is 2. The third kappa shape index (κ3) is 4.37. The van der Waals surface area contributed by atoms with Crippen molar-refractivity contribution in [2.75, 3.05) is 6.26 Å². The van der Waals surface area contributed by atoms with E-state index in [0.717, 1.165) is 6.26 Å². The van der Waals surface area contributed by atoms with Crippen LogP contribution in [0.5, 0.6) is 0 Å². The van der Waals surface area contributed by atoms with Crippen molar-refractivity contribution in [1.29, 1.82) is 0 Å². The average molecular weight is 438 g/mol. The molecule has 0 bridgehead atoms. The molecule has 31 heavy (non-hydrogen) atoms. The van der Waals surface area contributed by atoms with Crippen LogP contribution in [0.3, 0.4) is 0 Å². The van der Waals surface area contributed by atoms with Gasteiger partial charge < -0.3 is 9.87 Å². The van der Waals surface area contributed by atoms with Gasteiger partial charge in [-0.2, -0.15) is 5.10 Å². The van der Waals surface area contributed by atoms with Crippen LogP contribution >= 0.6 is 0 Å². The van der Waals surface area contributed by atoms with Crippen LogP contribution in [0.4, 0.5) is 4.39 Å². The molecule has 1 atom stereocenters. The number of carbonyl (C=O) groups excluding carboxylic acids is 1. The first-order valence-corrected chi connectivity index (χ1v) is 11.3. The van der Waals surface area contributed by atoms with E-state index in [9.17, 15) is 17.9 Å². The molecule has 2 aromatic carbocycles. The summed E-state index contributed by atoms with van der Waals surface area (Å²) in [6, 6.07) is 14.0. The lowest BCUT2D eigenvalue weighted by Crippen LogP contribution is -2.23. The van der Waals surface area contributed by atoms with Crippen LogP contribution in [0.15, 0.2) is 65.7 Å². The summed E-state index contributed by atoms with van der Waals surface area (Å²) in [6.45, 7) is 0.166. The second kappa shape index (κ2) is 8.01. The molecule has 4 rings (SSSR count). The summed E-state index contributed by atoms with van der Waals surface area (Å²) in [6.07, 6.45) is 2.71. The molecular weight excluding hydrogens is 419 g/mol. The normalized spacial score (nSPS) is 13.2. The highest BCUT2D eigenvalue weighted by Crippen LogP contribution is 2.26. The number of sulfone groups is 1. The van der Waals surface area contributed by atoms with Crippen molar-refractivity contribution in [3.63, 3.8) is 0 Å². The topological polar surface area (TPSA) is 99.9 Å². The van der Waals surface area contributed by atoms with Gasteiger partial charge >= 0.3 is 0 Å². The molecular formula is C22H19FN4O3S. The third-order valence-corrected chi connectivity index (χ3v) is 6.00. The second-order valence-corrected chi connectivity index (χ2v) is 9.19. The van der Waals surface area contributed by atoms with E-state index >= 15 is 0 Å². The minimum absolute atomic E-state index is 0.166. The van der Waals surface area contributed by atoms with Crippen molar-refractivity contribution in [1.82, 2.24) is 20.1 Å². The Morgan fingerprint density at radius 2 is 1.94 bits per heavy atom. The van der Waals surface area contributed by atoms with E-state index in [0.29, 0.717) is 33.4 Å². The van der Waals surface area contributed by atoms with Gasteiger partial charge in [0.15, 0.2) is 10.5 Å². The van der Waals surface area contributed by atoms with Gasteiger partial charge in [-0.1, -0.05) is 12.1 Å². The van der Waals surface area contributed by atoms with Crippen LogP contribution < -0.4 is 5.32 Å². The summed E-state index contributed by atoms with van der Waals surface area (Å²) >= 11 is 0. The van der Waals surface area contributed by atoms with Crippen LogP contribution in [0, 0.1) is 5.82 Å². The number of carbonyl (C=O) groups is 1. The molecule has 1 amide bonds. The summed E-state index contributed by atoms with van der Waals surface area (Å²) in [5.74, 6) is -0.719. The van der Waals surface area contributed by atoms with Gasteiger partial charge in [0.05, 0.1) is 33.1 Å². The standard InChI is InChI=1S/C22H19FN4O3S/c1-27-21-19(13-25-27)18(22(28)24-12-14-4-3-5-16(23)10-14)11-20(26-21)15-6-8-17(9-7-15)31(2,29)30/h3-11,13H,12H2,1-2H3,(H-,24,28,29,30). The molecule has 4 aromatic rings. The average Bonchev–Trinajstić information content (AvgIpc) is 3.12. The molecule has 158 valence electrons. The Morgan fingerprint density at radius 1 is 1.19 bits per heavy atom. The van der Waals surface area contributed by atoms with Crippen molar-refractivity contribution < 1.29 is 17.9 Å². The van der Waals surface area contributed by atoms with Crippen LogP contribution in [0.2, 0.25) is 0 Å². The lowest BCUT2D eigenvalue weighted by Gasteiger charge is -2.11. The maximum absolute atomic E-state index is 13.4. The summed E-state index contributed by atoms with van der Waals surface area (Å²) in [5.41, 5.74) is 2.69. The number of hydrogen-bond acceptors (Lipinski definition) is 5. The largest absolute Gasteiger partial charge is 0.610 e. The molecule has 0 aliphatic heterocycles. The van der Waals surface area contributed by atoms with Crippen LogP contribution in [-0.4, -0.2) is 31.5 Å². The number of amides is 1.